The molecule has 3 aromatic heterocycles. The summed E-state index contributed by atoms with van der Waals surface area (Å²) >= 11 is 0. The smallest absolute Gasteiger partial charge is 0.320 e. The van der Waals surface area contributed by atoms with Gasteiger partial charge in [0, 0.05) is 25.7 Å². The number of amides is 3. The number of urea groups is 1. The number of fused-ring (bicyclic) bond motifs is 2. The minimum Gasteiger partial charge on any atom is -0.506 e. The van der Waals surface area contributed by atoms with E-state index in [0.717, 1.165) is 18.8 Å². The Balaban J connectivity index is 1.26. The van der Waals surface area contributed by atoms with E-state index in [1.165, 1.54) is 6.26 Å². The Morgan fingerprint density at radius 1 is 1.24 bits per heavy atom. The van der Waals surface area contributed by atoms with Gasteiger partial charge in [-0.15, -0.1) is 5.10 Å². The first-order valence-corrected chi connectivity index (χ1v) is 10.7. The first-order chi connectivity index (χ1) is 16.0. The lowest BCUT2D eigenvalue weighted by molar-refractivity contribution is 0.0938. The Kier molecular flexibility index (Phi) is 5.21. The van der Waals surface area contributed by atoms with Gasteiger partial charge in [-0.25, -0.2) is 14.3 Å². The molecule has 3 amide bonds. The van der Waals surface area contributed by atoms with E-state index in [0.29, 0.717) is 35.5 Å². The SMILES string of the molecule is CCNC(=O)Nc1cn2nc(N3CC[C@H](NC(=O)c4ccc5occc5c4O)C3)ccc2n1. The molecule has 4 heterocycles. The van der Waals surface area contributed by atoms with Crippen molar-refractivity contribution in [1.82, 2.24) is 25.2 Å². The number of aromatic hydroxyl groups is 1. The van der Waals surface area contributed by atoms with Crippen LogP contribution >= 0.6 is 0 Å². The number of furan rings is 1. The summed E-state index contributed by atoms with van der Waals surface area (Å²) in [5.41, 5.74) is 1.36. The second-order valence-corrected chi connectivity index (χ2v) is 7.80. The van der Waals surface area contributed by atoms with Gasteiger partial charge in [-0.2, -0.15) is 0 Å². The number of rotatable bonds is 5. The van der Waals surface area contributed by atoms with E-state index in [-0.39, 0.29) is 29.3 Å². The predicted molar refractivity (Wildman–Crippen MR) is 122 cm³/mol. The molecule has 4 aromatic rings. The fourth-order valence-electron chi connectivity index (χ4n) is 3.98. The summed E-state index contributed by atoms with van der Waals surface area (Å²) in [6.07, 6.45) is 3.87. The standard InChI is InChI=1S/C22H23N7O4/c1-2-23-22(32)26-17-12-29-18(25-17)5-6-19(27-29)28-9-7-13(11-28)24-21(31)15-3-4-16-14(20(15)30)8-10-33-16/h3-6,8,10,12-13,30H,2,7,9,11H2,1H3,(H,24,31)(H2,23,26,32)/t13-/m0/s1. The Morgan fingerprint density at radius 3 is 2.97 bits per heavy atom. The van der Waals surface area contributed by atoms with Gasteiger partial charge in [0.05, 0.1) is 23.4 Å². The molecule has 1 aromatic carbocycles. The lowest BCUT2D eigenvalue weighted by Gasteiger charge is -2.18. The van der Waals surface area contributed by atoms with Crippen LogP contribution in [0.5, 0.6) is 5.75 Å². The fraction of sp³-hybridized carbons (Fsp3) is 0.273. The Bertz CT molecular complexity index is 1350. The molecule has 0 spiro atoms. The van der Waals surface area contributed by atoms with Crippen molar-refractivity contribution >= 4 is 40.2 Å². The molecule has 1 saturated heterocycles. The van der Waals surface area contributed by atoms with E-state index in [1.54, 1.807) is 28.9 Å². The van der Waals surface area contributed by atoms with Crippen molar-refractivity contribution in [3.8, 4) is 5.75 Å². The number of phenolic OH excluding ortho intramolecular Hbond substituents is 1. The van der Waals surface area contributed by atoms with Crippen molar-refractivity contribution in [1.29, 1.82) is 0 Å². The highest BCUT2D eigenvalue weighted by Gasteiger charge is 2.27. The van der Waals surface area contributed by atoms with Crippen molar-refractivity contribution in [2.45, 2.75) is 19.4 Å². The topological polar surface area (TPSA) is 137 Å². The Labute approximate surface area is 188 Å². The number of hydrogen-bond acceptors (Lipinski definition) is 7. The lowest BCUT2D eigenvalue weighted by Crippen LogP contribution is -2.37. The van der Waals surface area contributed by atoms with E-state index in [9.17, 15) is 14.7 Å². The van der Waals surface area contributed by atoms with Crippen molar-refractivity contribution in [2.75, 3.05) is 29.9 Å². The average Bonchev–Trinajstić information content (AvgIpc) is 3.52. The second kappa shape index (κ2) is 8.34. The third kappa shape index (κ3) is 4.00. The summed E-state index contributed by atoms with van der Waals surface area (Å²) in [4.78, 5) is 30.9. The van der Waals surface area contributed by atoms with E-state index in [4.69, 9.17) is 4.42 Å². The maximum Gasteiger partial charge on any atom is 0.320 e. The maximum atomic E-state index is 12.8. The largest absolute Gasteiger partial charge is 0.506 e. The number of benzene rings is 1. The number of carbonyl (C=O) groups excluding carboxylic acids is 2. The minimum atomic E-state index is -0.332. The van der Waals surface area contributed by atoms with E-state index in [1.807, 2.05) is 19.1 Å². The number of hydrogen-bond donors (Lipinski definition) is 4. The number of aromatic nitrogens is 3. The van der Waals surface area contributed by atoms with Crippen molar-refractivity contribution in [3.05, 3.63) is 48.4 Å². The third-order valence-corrected chi connectivity index (χ3v) is 5.58. The van der Waals surface area contributed by atoms with Gasteiger partial charge in [0.2, 0.25) is 0 Å². The van der Waals surface area contributed by atoms with Gasteiger partial charge in [0.1, 0.15) is 17.2 Å². The molecule has 170 valence electrons. The number of anilines is 2. The maximum absolute atomic E-state index is 12.8. The van der Waals surface area contributed by atoms with Gasteiger partial charge in [-0.05, 0) is 43.7 Å². The molecule has 1 atom stereocenters. The van der Waals surface area contributed by atoms with Crippen LogP contribution in [0, 0.1) is 0 Å². The molecular formula is C22H23N7O4. The van der Waals surface area contributed by atoms with Gasteiger partial charge in [0.25, 0.3) is 5.91 Å². The van der Waals surface area contributed by atoms with Crippen LogP contribution in [0.15, 0.2) is 47.2 Å². The molecule has 11 nitrogen and oxygen atoms in total. The first kappa shape index (κ1) is 20.6. The van der Waals surface area contributed by atoms with Crippen molar-refractivity contribution < 1.29 is 19.1 Å². The summed E-state index contributed by atoms with van der Waals surface area (Å²) < 4.78 is 6.87. The van der Waals surface area contributed by atoms with E-state index in [2.05, 4.69) is 30.9 Å². The summed E-state index contributed by atoms with van der Waals surface area (Å²) in [5.74, 6) is 0.731. The predicted octanol–water partition coefficient (Wildman–Crippen LogP) is 2.33. The molecule has 4 N–H and O–H groups in total. The summed E-state index contributed by atoms with van der Waals surface area (Å²) in [6, 6.07) is 8.14. The molecule has 1 aliphatic heterocycles. The van der Waals surface area contributed by atoms with Crippen LogP contribution in [0.1, 0.15) is 23.7 Å². The monoisotopic (exact) mass is 449 g/mol. The molecule has 0 aliphatic carbocycles. The summed E-state index contributed by atoms with van der Waals surface area (Å²) in [5, 5.41) is 23.8. The van der Waals surface area contributed by atoms with E-state index >= 15 is 0 Å². The van der Waals surface area contributed by atoms with Crippen LogP contribution < -0.4 is 20.9 Å². The molecule has 0 saturated carbocycles. The van der Waals surface area contributed by atoms with Gasteiger partial charge in [0.15, 0.2) is 11.5 Å². The van der Waals surface area contributed by atoms with Crippen molar-refractivity contribution in [2.24, 2.45) is 0 Å². The number of carbonyl (C=O) groups is 2. The van der Waals surface area contributed by atoms with Crippen LogP contribution in [0.2, 0.25) is 0 Å². The molecule has 5 rings (SSSR count). The molecule has 0 radical (unpaired) electrons. The van der Waals surface area contributed by atoms with Crippen molar-refractivity contribution in [3.63, 3.8) is 0 Å². The Morgan fingerprint density at radius 2 is 2.12 bits per heavy atom. The van der Waals surface area contributed by atoms with Crippen LogP contribution in [0.4, 0.5) is 16.4 Å². The van der Waals surface area contributed by atoms with Gasteiger partial charge < -0.3 is 25.1 Å². The molecule has 0 unspecified atom stereocenters. The van der Waals surface area contributed by atoms with Crippen LogP contribution in [-0.2, 0) is 0 Å². The first-order valence-electron chi connectivity index (χ1n) is 10.7. The number of nitrogens with one attached hydrogen (secondary N) is 3. The van der Waals surface area contributed by atoms with Crippen LogP contribution in [0.25, 0.3) is 16.6 Å². The zero-order valence-corrected chi connectivity index (χ0v) is 17.9. The highest BCUT2D eigenvalue weighted by atomic mass is 16.3. The fourth-order valence-corrected chi connectivity index (χ4v) is 3.98. The van der Waals surface area contributed by atoms with Gasteiger partial charge in [-0.1, -0.05) is 0 Å². The lowest BCUT2D eigenvalue weighted by atomic mass is 10.1. The Hall–Kier alpha value is -4.28. The zero-order valence-electron chi connectivity index (χ0n) is 17.9. The number of imidazole rings is 1. The molecule has 33 heavy (non-hydrogen) atoms. The molecule has 11 heteroatoms. The second-order valence-electron chi connectivity index (χ2n) is 7.80. The normalized spacial score (nSPS) is 15.8. The van der Waals surface area contributed by atoms with Crippen LogP contribution in [0.3, 0.4) is 0 Å². The number of phenols is 1. The average molecular weight is 449 g/mol. The molecule has 0 bridgehead atoms. The quantitative estimate of drug-likeness (QED) is 0.367. The molecule has 1 fully saturated rings. The van der Waals surface area contributed by atoms with E-state index < -0.39 is 0 Å². The highest BCUT2D eigenvalue weighted by molar-refractivity contribution is 6.02. The minimum absolute atomic E-state index is 0.0853. The van der Waals surface area contributed by atoms with Crippen LogP contribution in [-0.4, -0.2) is 57.3 Å². The molecular weight excluding hydrogens is 426 g/mol. The third-order valence-electron chi connectivity index (χ3n) is 5.58. The van der Waals surface area contributed by atoms with Gasteiger partial charge >= 0.3 is 6.03 Å². The highest BCUT2D eigenvalue weighted by Crippen LogP contribution is 2.29. The summed E-state index contributed by atoms with van der Waals surface area (Å²) in [6.45, 7) is 3.65. The van der Waals surface area contributed by atoms with Gasteiger partial charge in [-0.3, -0.25) is 10.1 Å². The zero-order chi connectivity index (χ0) is 22.9. The number of nitrogens with zero attached hydrogens (tertiary/aromatic N) is 4. The summed E-state index contributed by atoms with van der Waals surface area (Å²) in [7, 11) is 0. The molecule has 1 aliphatic rings.